The lowest BCUT2D eigenvalue weighted by molar-refractivity contribution is 0.0740. The molecule has 16 heavy (non-hydrogen) atoms. The Balaban J connectivity index is 1.89. The number of alkyl halides is 1. The van der Waals surface area contributed by atoms with E-state index in [0.29, 0.717) is 17.0 Å². The highest BCUT2D eigenvalue weighted by Crippen LogP contribution is 2.32. The smallest absolute Gasteiger partial charge is 0.274 e. The number of hydrogen-bond donors (Lipinski definition) is 0. The van der Waals surface area contributed by atoms with Crippen LogP contribution in [-0.2, 0) is 7.05 Å². The Hall–Kier alpha value is -1.03. The molecule has 0 saturated heterocycles. The Kier molecular flexibility index (Phi) is 3.19. The number of carbonyl (C=O) groups excluding carboxylic acids is 1. The van der Waals surface area contributed by atoms with E-state index < -0.39 is 0 Å². The van der Waals surface area contributed by atoms with E-state index in [-0.39, 0.29) is 5.91 Å². The summed E-state index contributed by atoms with van der Waals surface area (Å²) in [6, 6.07) is 1.74. The van der Waals surface area contributed by atoms with Crippen LogP contribution in [0, 0.1) is 5.92 Å². The summed E-state index contributed by atoms with van der Waals surface area (Å²) in [6.45, 7) is 0.776. The van der Waals surface area contributed by atoms with E-state index in [2.05, 4.69) is 5.10 Å². The molecule has 2 rings (SSSR count). The number of nitrogens with zero attached hydrogens (tertiary/aromatic N) is 3. The van der Waals surface area contributed by atoms with E-state index in [9.17, 15) is 4.79 Å². The van der Waals surface area contributed by atoms with Crippen molar-refractivity contribution in [3.05, 3.63) is 18.0 Å². The topological polar surface area (TPSA) is 38.1 Å². The zero-order valence-corrected chi connectivity index (χ0v) is 10.3. The third-order valence-corrected chi connectivity index (χ3v) is 3.35. The molecule has 5 heteroatoms. The molecule has 0 radical (unpaired) electrons. The van der Waals surface area contributed by atoms with E-state index in [1.165, 1.54) is 0 Å². The lowest BCUT2D eigenvalue weighted by Crippen LogP contribution is -2.38. The molecule has 88 valence electrons. The molecule has 0 N–H and O–H groups in total. The molecule has 1 aromatic rings. The summed E-state index contributed by atoms with van der Waals surface area (Å²) in [7, 11) is 3.62. The predicted octanol–water partition coefficient (Wildman–Crippen LogP) is 1.51. The average Bonchev–Trinajstić information content (AvgIpc) is 2.61. The maximum absolute atomic E-state index is 11.9. The lowest BCUT2D eigenvalue weighted by Gasteiger charge is -2.33. The van der Waals surface area contributed by atoms with Gasteiger partial charge in [0.15, 0.2) is 0 Å². The SMILES string of the molecule is CN(CC1CC(Cl)C1)C(=O)c1ccn(C)n1. The van der Waals surface area contributed by atoms with Crippen LogP contribution < -0.4 is 0 Å². The molecular formula is C11H16ClN3O. The number of halogens is 1. The van der Waals surface area contributed by atoms with E-state index in [1.807, 2.05) is 7.05 Å². The highest BCUT2D eigenvalue weighted by atomic mass is 35.5. The Morgan fingerprint density at radius 2 is 2.38 bits per heavy atom. The minimum Gasteiger partial charge on any atom is -0.340 e. The van der Waals surface area contributed by atoms with Gasteiger partial charge in [0, 0.05) is 32.2 Å². The molecule has 0 aromatic carbocycles. The summed E-state index contributed by atoms with van der Waals surface area (Å²) in [6.07, 6.45) is 3.81. The largest absolute Gasteiger partial charge is 0.340 e. The first-order chi connectivity index (χ1) is 7.56. The number of carbonyl (C=O) groups is 1. The highest BCUT2D eigenvalue weighted by molar-refractivity contribution is 6.21. The van der Waals surface area contributed by atoms with E-state index in [0.717, 1.165) is 19.4 Å². The van der Waals surface area contributed by atoms with Gasteiger partial charge in [-0.15, -0.1) is 11.6 Å². The van der Waals surface area contributed by atoms with Gasteiger partial charge in [0.1, 0.15) is 5.69 Å². The summed E-state index contributed by atoms with van der Waals surface area (Å²) in [5.74, 6) is 0.541. The number of aromatic nitrogens is 2. The van der Waals surface area contributed by atoms with Crippen LogP contribution in [-0.4, -0.2) is 39.6 Å². The first kappa shape index (κ1) is 11.5. The third kappa shape index (κ3) is 2.38. The van der Waals surface area contributed by atoms with E-state index >= 15 is 0 Å². The lowest BCUT2D eigenvalue weighted by atomic mass is 9.84. The molecule has 1 heterocycles. The Morgan fingerprint density at radius 1 is 1.69 bits per heavy atom. The van der Waals surface area contributed by atoms with Gasteiger partial charge in [-0.1, -0.05) is 0 Å². The van der Waals surface area contributed by atoms with E-state index in [4.69, 9.17) is 11.6 Å². The maximum Gasteiger partial charge on any atom is 0.274 e. The molecule has 1 aliphatic rings. The van der Waals surface area contributed by atoms with Crippen LogP contribution >= 0.6 is 11.6 Å². The molecule has 0 aliphatic heterocycles. The summed E-state index contributed by atoms with van der Waals surface area (Å²) in [5, 5.41) is 4.41. The maximum atomic E-state index is 11.9. The molecule has 0 bridgehead atoms. The summed E-state index contributed by atoms with van der Waals surface area (Å²) >= 11 is 5.91. The van der Waals surface area contributed by atoms with Gasteiger partial charge in [0.05, 0.1) is 0 Å². The average molecular weight is 242 g/mol. The molecule has 1 amide bonds. The fraction of sp³-hybridized carbons (Fsp3) is 0.636. The second-order valence-corrected chi connectivity index (χ2v) is 5.11. The second-order valence-electron chi connectivity index (χ2n) is 4.50. The number of aryl methyl sites for hydroxylation is 1. The van der Waals surface area contributed by atoms with Crippen molar-refractivity contribution in [2.45, 2.75) is 18.2 Å². The Bertz CT molecular complexity index is 384. The fourth-order valence-corrected chi connectivity index (χ4v) is 2.50. The van der Waals surface area contributed by atoms with Gasteiger partial charge in [-0.2, -0.15) is 5.10 Å². The van der Waals surface area contributed by atoms with Crippen LogP contribution in [0.2, 0.25) is 0 Å². The van der Waals surface area contributed by atoms with Gasteiger partial charge in [0.2, 0.25) is 0 Å². The van der Waals surface area contributed by atoms with Crippen molar-refractivity contribution < 1.29 is 4.79 Å². The van der Waals surface area contributed by atoms with Crippen molar-refractivity contribution >= 4 is 17.5 Å². The molecule has 1 saturated carbocycles. The van der Waals surface area contributed by atoms with Crippen molar-refractivity contribution in [1.29, 1.82) is 0 Å². The van der Waals surface area contributed by atoms with E-state index in [1.54, 1.807) is 28.9 Å². The van der Waals surface area contributed by atoms with Crippen LogP contribution in [0.4, 0.5) is 0 Å². The van der Waals surface area contributed by atoms with Crippen LogP contribution in [0.25, 0.3) is 0 Å². The third-order valence-electron chi connectivity index (χ3n) is 2.99. The van der Waals surface area contributed by atoms with Gasteiger partial charge in [0.25, 0.3) is 5.91 Å². The molecule has 0 unspecified atom stereocenters. The molecule has 1 aliphatic carbocycles. The van der Waals surface area contributed by atoms with Crippen molar-refractivity contribution in [3.8, 4) is 0 Å². The summed E-state index contributed by atoms with van der Waals surface area (Å²) < 4.78 is 1.64. The van der Waals surface area contributed by atoms with Crippen LogP contribution in [0.3, 0.4) is 0 Å². The van der Waals surface area contributed by atoms with Crippen molar-refractivity contribution in [2.75, 3.05) is 13.6 Å². The molecule has 1 aromatic heterocycles. The zero-order chi connectivity index (χ0) is 11.7. The number of amides is 1. The monoisotopic (exact) mass is 241 g/mol. The highest BCUT2D eigenvalue weighted by Gasteiger charge is 2.29. The minimum absolute atomic E-state index is 0.0152. The first-order valence-electron chi connectivity index (χ1n) is 5.45. The minimum atomic E-state index is -0.0152. The normalized spacial score (nSPS) is 23.9. The quantitative estimate of drug-likeness (QED) is 0.753. The predicted molar refractivity (Wildman–Crippen MR) is 62.5 cm³/mol. The first-order valence-corrected chi connectivity index (χ1v) is 5.89. The number of rotatable bonds is 3. The van der Waals surface area contributed by atoms with Crippen molar-refractivity contribution in [1.82, 2.24) is 14.7 Å². The van der Waals surface area contributed by atoms with Gasteiger partial charge in [-0.3, -0.25) is 9.48 Å². The Morgan fingerprint density at radius 3 is 2.88 bits per heavy atom. The van der Waals surface area contributed by atoms with Gasteiger partial charge in [-0.25, -0.2) is 0 Å². The molecule has 0 spiro atoms. The molecule has 4 nitrogen and oxygen atoms in total. The molecule has 1 fully saturated rings. The number of hydrogen-bond acceptors (Lipinski definition) is 2. The molecule has 0 atom stereocenters. The zero-order valence-electron chi connectivity index (χ0n) is 9.56. The summed E-state index contributed by atoms with van der Waals surface area (Å²) in [5.41, 5.74) is 0.506. The van der Waals surface area contributed by atoms with Crippen molar-refractivity contribution in [2.24, 2.45) is 13.0 Å². The molecular weight excluding hydrogens is 226 g/mol. The van der Waals surface area contributed by atoms with Gasteiger partial charge in [-0.05, 0) is 24.8 Å². The van der Waals surface area contributed by atoms with Gasteiger partial charge < -0.3 is 4.90 Å². The fourth-order valence-electron chi connectivity index (χ4n) is 2.00. The Labute approximate surface area is 100 Å². The van der Waals surface area contributed by atoms with Crippen LogP contribution in [0.15, 0.2) is 12.3 Å². The standard InChI is InChI=1S/C11H16ClN3O/c1-14(7-8-5-9(12)6-8)11(16)10-3-4-15(2)13-10/h3-4,8-9H,5-7H2,1-2H3. The van der Waals surface area contributed by atoms with Gasteiger partial charge >= 0.3 is 0 Å². The summed E-state index contributed by atoms with van der Waals surface area (Å²) in [4.78, 5) is 13.7. The van der Waals surface area contributed by atoms with Crippen LogP contribution in [0.5, 0.6) is 0 Å². The van der Waals surface area contributed by atoms with Crippen LogP contribution in [0.1, 0.15) is 23.3 Å². The second kappa shape index (κ2) is 4.45. The van der Waals surface area contributed by atoms with Crippen molar-refractivity contribution in [3.63, 3.8) is 0 Å².